The van der Waals surface area contributed by atoms with Crippen LogP contribution in [-0.4, -0.2) is 86.3 Å². The van der Waals surface area contributed by atoms with E-state index in [1.807, 2.05) is 52.0 Å². The van der Waals surface area contributed by atoms with Crippen molar-refractivity contribution in [1.82, 2.24) is 10.2 Å². The number of likely N-dealkylation sites (tertiary alicyclic amines) is 1. The Morgan fingerprint density at radius 2 is 1.44 bits per heavy atom. The smallest absolute Gasteiger partial charge is 0.413 e. The number of aromatic hydroxyl groups is 1. The van der Waals surface area contributed by atoms with Gasteiger partial charge in [-0.15, -0.1) is 0 Å². The number of Topliss-reactive ketones (excluding diaryl/α,β-unsaturated/α-hetero) is 2. The first-order valence-electron chi connectivity index (χ1n) is 17.5. The van der Waals surface area contributed by atoms with Crippen LogP contribution >= 0.6 is 0 Å². The minimum atomic E-state index is -3.48. The molecule has 2 aromatic carbocycles. The van der Waals surface area contributed by atoms with Gasteiger partial charge >= 0.3 is 6.09 Å². The first-order chi connectivity index (χ1) is 23.4. The molecule has 4 rings (SSSR count). The molecule has 2 saturated heterocycles. The number of nitrogens with zero attached hydrogens (tertiary/aromatic N) is 1. The minimum Gasteiger partial charge on any atom is -0.508 e. The number of benzene rings is 2. The second kappa shape index (κ2) is 20.3. The highest BCUT2D eigenvalue weighted by Gasteiger charge is 2.33. The van der Waals surface area contributed by atoms with Gasteiger partial charge in [-0.1, -0.05) is 52.0 Å². The van der Waals surface area contributed by atoms with E-state index in [9.17, 15) is 22.8 Å². The summed E-state index contributed by atoms with van der Waals surface area (Å²) in [5, 5.41) is 12.4. The van der Waals surface area contributed by atoms with E-state index in [4.69, 9.17) is 18.8 Å². The Bertz CT molecular complexity index is 1450. The lowest BCUT2D eigenvalue weighted by molar-refractivity contribution is -0.121. The van der Waals surface area contributed by atoms with Crippen LogP contribution in [0.3, 0.4) is 0 Å². The first kappa shape index (κ1) is 42.6. The minimum absolute atomic E-state index is 0.0119. The fourth-order valence-electron chi connectivity index (χ4n) is 5.34. The lowest BCUT2D eigenvalue weighted by Crippen LogP contribution is -2.36. The molecule has 0 spiro atoms. The number of ketones is 2. The molecule has 0 radical (unpaired) electrons. The van der Waals surface area contributed by atoms with E-state index in [1.54, 1.807) is 38.1 Å². The summed E-state index contributed by atoms with van der Waals surface area (Å²) in [5.41, 5.74) is 1.25. The average molecular weight is 718 g/mol. The number of hydrogen-bond acceptors (Lipinski definition) is 10. The van der Waals surface area contributed by atoms with Crippen molar-refractivity contribution in [2.75, 3.05) is 32.4 Å². The highest BCUT2D eigenvalue weighted by molar-refractivity contribution is 7.86. The molecule has 1 amide bonds. The number of amides is 1. The van der Waals surface area contributed by atoms with E-state index in [0.717, 1.165) is 55.5 Å². The zero-order valence-electron chi connectivity index (χ0n) is 30.8. The summed E-state index contributed by atoms with van der Waals surface area (Å²) < 4.78 is 37.6. The number of nitrogens with one attached hydrogen (secondary N) is 1. The summed E-state index contributed by atoms with van der Waals surface area (Å²) in [5.74, 6) is 1.64. The Kier molecular flexibility index (Phi) is 17.3. The third-order valence-corrected chi connectivity index (χ3v) is 8.75. The predicted molar refractivity (Wildman–Crippen MR) is 195 cm³/mol. The summed E-state index contributed by atoms with van der Waals surface area (Å²) in [6.45, 7) is 17.5. The van der Waals surface area contributed by atoms with Gasteiger partial charge in [-0.05, 0) is 67.6 Å². The summed E-state index contributed by atoms with van der Waals surface area (Å²) in [6, 6.07) is 14.8. The molecular weight excluding hydrogens is 660 g/mol. The number of carbonyl (C=O) groups is 3. The molecule has 0 saturated carbocycles. The third-order valence-electron chi connectivity index (χ3n) is 8.13. The molecule has 4 atom stereocenters. The van der Waals surface area contributed by atoms with E-state index >= 15 is 0 Å². The van der Waals surface area contributed by atoms with Gasteiger partial charge in [-0.3, -0.25) is 13.8 Å². The Morgan fingerprint density at radius 1 is 0.920 bits per heavy atom. The zero-order valence-corrected chi connectivity index (χ0v) is 31.6. The van der Waals surface area contributed by atoms with Gasteiger partial charge in [-0.25, -0.2) is 4.79 Å². The zero-order chi connectivity index (χ0) is 37.5. The molecule has 2 N–H and O–H groups in total. The summed E-state index contributed by atoms with van der Waals surface area (Å²) >= 11 is 0. The monoisotopic (exact) mass is 717 g/mol. The van der Waals surface area contributed by atoms with Crippen LogP contribution in [0.4, 0.5) is 4.79 Å². The highest BCUT2D eigenvalue weighted by Crippen LogP contribution is 2.24. The summed E-state index contributed by atoms with van der Waals surface area (Å²) in [4.78, 5) is 36.5. The molecule has 11 nitrogen and oxygen atoms in total. The molecule has 2 aliphatic rings. The van der Waals surface area contributed by atoms with Crippen LogP contribution in [0.5, 0.6) is 11.5 Å². The van der Waals surface area contributed by atoms with Gasteiger partial charge in [0.25, 0.3) is 10.1 Å². The maximum absolute atomic E-state index is 11.9. The molecule has 12 heteroatoms. The van der Waals surface area contributed by atoms with Crippen molar-refractivity contribution in [3.05, 3.63) is 66.6 Å². The Labute approximate surface area is 299 Å². The first-order valence-corrected chi connectivity index (χ1v) is 19.3. The van der Waals surface area contributed by atoms with Crippen molar-refractivity contribution in [2.24, 2.45) is 0 Å². The molecule has 2 heterocycles. The predicted octanol–water partition coefficient (Wildman–Crippen LogP) is 6.55. The maximum Gasteiger partial charge on any atom is 0.413 e. The molecule has 2 unspecified atom stereocenters. The van der Waals surface area contributed by atoms with E-state index in [1.165, 1.54) is 4.90 Å². The Hall–Kier alpha value is -3.61. The Balaban J connectivity index is 0.000000263. The van der Waals surface area contributed by atoms with Gasteiger partial charge in [0.2, 0.25) is 5.60 Å². The molecular formula is C38H57N2O9S+. The van der Waals surface area contributed by atoms with E-state index in [2.05, 4.69) is 12.2 Å². The van der Waals surface area contributed by atoms with Crippen molar-refractivity contribution in [3.63, 3.8) is 0 Å². The Morgan fingerprint density at radius 3 is 1.88 bits per heavy atom. The van der Waals surface area contributed by atoms with Crippen molar-refractivity contribution < 1.29 is 41.6 Å². The van der Waals surface area contributed by atoms with Crippen LogP contribution in [0.15, 0.2) is 48.5 Å². The topological polar surface area (TPSA) is 149 Å². The lowest BCUT2D eigenvalue weighted by atomic mass is 9.94. The van der Waals surface area contributed by atoms with Gasteiger partial charge in [0, 0.05) is 51.6 Å². The van der Waals surface area contributed by atoms with Gasteiger partial charge in [0.15, 0.2) is 0 Å². The average Bonchev–Trinajstić information content (AvgIpc) is 3.73. The van der Waals surface area contributed by atoms with E-state index in [0.29, 0.717) is 31.6 Å². The van der Waals surface area contributed by atoms with Crippen LogP contribution in [-0.2, 0) is 28.6 Å². The number of ether oxygens (including phenoxy) is 2. The van der Waals surface area contributed by atoms with Gasteiger partial charge in [0.05, 0.1) is 18.9 Å². The van der Waals surface area contributed by atoms with Crippen molar-refractivity contribution in [2.45, 2.75) is 110 Å². The van der Waals surface area contributed by atoms with E-state index < -0.39 is 27.9 Å². The van der Waals surface area contributed by atoms with Gasteiger partial charge < -0.3 is 24.8 Å². The van der Waals surface area contributed by atoms with Crippen molar-refractivity contribution in [1.29, 1.82) is 0 Å². The number of hydrogen-bond donors (Lipinski definition) is 2. The summed E-state index contributed by atoms with van der Waals surface area (Å²) in [7, 11) is -3.48. The second-order valence-corrected chi connectivity index (χ2v) is 15.2. The fraction of sp³-hybridized carbons (Fsp3) is 0.579. The van der Waals surface area contributed by atoms with Crippen LogP contribution in [0.2, 0.25) is 0 Å². The SMILES string of the molecule is CCCC(=O)C(C)c1ccc(O)cc1.CCCC(=O)C(C)c1ccc(O[C@@H]2CCNC2)cc1.[CH2+]C(C)(C)OC(=O)N1CC[C@H](OS(C)(=O)=O)C1. The van der Waals surface area contributed by atoms with Crippen LogP contribution in [0.1, 0.15) is 103 Å². The molecule has 0 bridgehead atoms. The number of phenols is 1. The lowest BCUT2D eigenvalue weighted by Gasteiger charge is -2.20. The largest absolute Gasteiger partial charge is 0.508 e. The standard InChI is InChI=1S/C16H23NO2.C12H16O2.C10H18NO5S/c1-3-4-16(18)12(2)13-5-7-14(8-6-13)19-15-9-10-17-11-15;1-3-4-12(14)9(2)10-5-7-11(13)8-6-10;1-10(2,3)15-9(12)11-6-5-8(7-11)16-17(4,13)14/h5-8,12,15,17H,3-4,9-11H2,1-2H3;5-9,13H,3-4H2,1-2H3;8H,1,5-7H2,2-4H3/q;;+1/t12?,15-;;8-/m1.0/s1. The quantitative estimate of drug-likeness (QED) is 0.173. The molecule has 2 aliphatic heterocycles. The molecule has 0 aromatic heterocycles. The number of rotatable bonds is 13. The number of phenolic OH excluding ortho intramolecular Hbond substituents is 1. The van der Waals surface area contributed by atoms with Gasteiger partial charge in [0.1, 0.15) is 36.1 Å². The second-order valence-electron chi connectivity index (χ2n) is 13.6. The fourth-order valence-corrected chi connectivity index (χ4v) is 5.99. The highest BCUT2D eigenvalue weighted by atomic mass is 32.2. The van der Waals surface area contributed by atoms with Crippen LogP contribution in [0, 0.1) is 6.92 Å². The number of carbonyl (C=O) groups excluding carboxylic acids is 3. The maximum atomic E-state index is 11.9. The normalized spacial score (nSPS) is 18.5. The molecule has 278 valence electrons. The molecule has 0 aliphatic carbocycles. The molecule has 2 fully saturated rings. The third kappa shape index (κ3) is 15.9. The van der Waals surface area contributed by atoms with Crippen LogP contribution in [0.25, 0.3) is 0 Å². The van der Waals surface area contributed by atoms with Crippen molar-refractivity contribution in [3.8, 4) is 11.5 Å². The molecule has 50 heavy (non-hydrogen) atoms. The molecule has 2 aromatic rings. The van der Waals surface area contributed by atoms with Crippen LogP contribution < -0.4 is 10.1 Å². The van der Waals surface area contributed by atoms with Crippen molar-refractivity contribution >= 4 is 27.8 Å². The van der Waals surface area contributed by atoms with E-state index in [-0.39, 0.29) is 36.0 Å². The summed E-state index contributed by atoms with van der Waals surface area (Å²) in [6.07, 6.45) is 4.94. The van der Waals surface area contributed by atoms with Gasteiger partial charge in [-0.2, -0.15) is 8.42 Å².